The highest BCUT2D eigenvalue weighted by atomic mass is 16.8. The fraction of sp³-hybridized carbons (Fsp3) is 0.956. The largest absolute Gasteiger partial charge is 0.467 e. The molecule has 5 fully saturated rings. The van der Waals surface area contributed by atoms with Crippen LogP contribution in [0.3, 0.4) is 0 Å². The van der Waals surface area contributed by atoms with Crippen molar-refractivity contribution in [2.75, 3.05) is 7.11 Å². The van der Waals surface area contributed by atoms with Crippen LogP contribution in [0.15, 0.2) is 0 Å². The number of fused-ring (bicyclic) bond motifs is 4. The third-order valence-corrected chi connectivity index (χ3v) is 13.8. The molecule has 0 aromatic heterocycles. The molecule has 7 atom stereocenters. The maximum Gasteiger partial charge on any atom is 0.347 e. The van der Waals surface area contributed by atoms with Gasteiger partial charge in [-0.3, -0.25) is 4.79 Å². The van der Waals surface area contributed by atoms with Crippen LogP contribution in [-0.4, -0.2) is 58.6 Å². The molecule has 5 rings (SSSR count). The molecule has 0 unspecified atom stereocenters. The van der Waals surface area contributed by atoms with E-state index in [1.165, 1.54) is 148 Å². The molecule has 0 radical (unpaired) electrons. The fourth-order valence-electron chi connectivity index (χ4n) is 10.8. The van der Waals surface area contributed by atoms with Crippen LogP contribution < -0.4 is 0 Å². The fourth-order valence-corrected chi connectivity index (χ4v) is 10.8. The Morgan fingerprint density at radius 2 is 1.06 bits per heavy atom. The van der Waals surface area contributed by atoms with Crippen LogP contribution in [0.4, 0.5) is 0 Å². The van der Waals surface area contributed by atoms with E-state index in [9.17, 15) is 14.7 Å². The first-order valence-electron chi connectivity index (χ1n) is 22.9. The van der Waals surface area contributed by atoms with Crippen molar-refractivity contribution in [3.05, 3.63) is 0 Å². The summed E-state index contributed by atoms with van der Waals surface area (Å²) in [5, 5.41) is 12.6. The maximum atomic E-state index is 13.7. The van der Waals surface area contributed by atoms with E-state index in [4.69, 9.17) is 23.7 Å². The van der Waals surface area contributed by atoms with Crippen molar-refractivity contribution in [1.29, 1.82) is 0 Å². The first-order chi connectivity index (χ1) is 25.8. The molecular formula is C45H78O8. The van der Waals surface area contributed by atoms with E-state index in [1.807, 2.05) is 0 Å². The van der Waals surface area contributed by atoms with Gasteiger partial charge in [0.15, 0.2) is 5.79 Å². The summed E-state index contributed by atoms with van der Waals surface area (Å²) >= 11 is 0. The Balaban J connectivity index is 1.06. The molecule has 1 N–H and O–H groups in total. The number of methoxy groups -OCH3 is 1. The lowest BCUT2D eigenvalue weighted by Crippen LogP contribution is -2.68. The lowest BCUT2D eigenvalue weighted by atomic mass is 9.76. The van der Waals surface area contributed by atoms with Gasteiger partial charge in [0, 0.05) is 12.8 Å². The first-order valence-corrected chi connectivity index (χ1v) is 22.9. The van der Waals surface area contributed by atoms with Crippen LogP contribution in [0.1, 0.15) is 226 Å². The van der Waals surface area contributed by atoms with Crippen LogP contribution in [0.25, 0.3) is 0 Å². The summed E-state index contributed by atoms with van der Waals surface area (Å²) in [6.07, 6.45) is 37.2. The molecule has 0 aromatic carbocycles. The zero-order chi connectivity index (χ0) is 37.7. The van der Waals surface area contributed by atoms with E-state index >= 15 is 0 Å². The topological polar surface area (TPSA) is 104 Å². The van der Waals surface area contributed by atoms with Crippen molar-refractivity contribution in [3.63, 3.8) is 0 Å². The van der Waals surface area contributed by atoms with Crippen molar-refractivity contribution in [2.45, 2.75) is 260 Å². The predicted molar refractivity (Wildman–Crippen MR) is 208 cm³/mol. The average Bonchev–Trinajstić information content (AvgIpc) is 3.52. The summed E-state index contributed by atoms with van der Waals surface area (Å²) in [5.41, 5.74) is -3.50. The summed E-state index contributed by atoms with van der Waals surface area (Å²) in [5.74, 6) is -4.56. The zero-order valence-corrected chi connectivity index (χ0v) is 34.3. The summed E-state index contributed by atoms with van der Waals surface area (Å²) in [7, 11) is 1.36. The Hall–Kier alpha value is -1.22. The van der Waals surface area contributed by atoms with E-state index < -0.39 is 46.4 Å². The Labute approximate surface area is 322 Å². The van der Waals surface area contributed by atoms with Gasteiger partial charge >= 0.3 is 11.9 Å². The molecule has 1 spiro atoms. The molecule has 306 valence electrons. The van der Waals surface area contributed by atoms with E-state index in [1.54, 1.807) is 0 Å². The molecule has 5 aliphatic rings. The van der Waals surface area contributed by atoms with Crippen molar-refractivity contribution in [2.24, 2.45) is 5.92 Å². The van der Waals surface area contributed by atoms with Gasteiger partial charge in [0.1, 0.15) is 17.3 Å². The Morgan fingerprint density at radius 1 is 0.623 bits per heavy atom. The van der Waals surface area contributed by atoms with Crippen LogP contribution in [0.2, 0.25) is 0 Å². The standard InChI is InChI=1S/C45H78O8/c1-4-6-8-10-12-14-16-18-20-22-24-26-28-30-32-41-34-37-43-36-39(46)50-38(43)35-42(52-43,53-45(37,48)44(41,51-41)40(47)49-3)33-31-29-27-25-23-21-19-17-15-13-11-9-7-5-2/h37-38,48H,4-36H2,1-3H3/t37-,38-,41+,42-,43+,44+,45+/m0/s1. The monoisotopic (exact) mass is 747 g/mol. The van der Waals surface area contributed by atoms with Gasteiger partial charge in [-0.15, -0.1) is 0 Å². The second kappa shape index (κ2) is 20.3. The third kappa shape index (κ3) is 9.67. The average molecular weight is 747 g/mol. The van der Waals surface area contributed by atoms with E-state index in [0.717, 1.165) is 38.5 Å². The molecule has 4 saturated heterocycles. The van der Waals surface area contributed by atoms with Gasteiger partial charge in [-0.1, -0.05) is 187 Å². The molecule has 2 bridgehead atoms. The number of unbranched alkanes of at least 4 members (excludes halogenated alkanes) is 26. The summed E-state index contributed by atoms with van der Waals surface area (Å²) in [6.45, 7) is 4.54. The van der Waals surface area contributed by atoms with Crippen LogP contribution in [-0.2, 0) is 33.3 Å². The second-order valence-corrected chi connectivity index (χ2v) is 17.8. The molecule has 8 heteroatoms. The normalized spacial score (nSPS) is 33.5. The number of hydrogen-bond acceptors (Lipinski definition) is 8. The molecular weight excluding hydrogens is 668 g/mol. The van der Waals surface area contributed by atoms with Crippen molar-refractivity contribution in [3.8, 4) is 0 Å². The summed E-state index contributed by atoms with van der Waals surface area (Å²) in [4.78, 5) is 26.4. The minimum absolute atomic E-state index is 0.0701. The van der Waals surface area contributed by atoms with Gasteiger partial charge in [0.25, 0.3) is 0 Å². The number of rotatable bonds is 31. The lowest BCUT2D eigenvalue weighted by molar-refractivity contribution is -0.435. The first kappa shape index (κ1) is 42.9. The molecule has 53 heavy (non-hydrogen) atoms. The van der Waals surface area contributed by atoms with Gasteiger partial charge in [-0.25, -0.2) is 4.79 Å². The zero-order valence-electron chi connectivity index (χ0n) is 34.3. The number of carbonyl (C=O) groups is 2. The summed E-state index contributed by atoms with van der Waals surface area (Å²) < 4.78 is 31.1. The minimum atomic E-state index is -1.94. The molecule has 4 heterocycles. The lowest BCUT2D eigenvalue weighted by Gasteiger charge is -2.51. The number of ether oxygens (including phenoxy) is 5. The SMILES string of the molecule is CCCCCCCCCCCCCCCC[C@]12C[C@@H]3OC(=O)C[C@@]3(O1)[C@@H]1C[C@@]3(CCCCCCCCCCCCCCCC)O[C@@]3(C(=O)OC)[C@]1(O)O2. The van der Waals surface area contributed by atoms with Gasteiger partial charge in [-0.05, 0) is 19.3 Å². The van der Waals surface area contributed by atoms with Gasteiger partial charge in [0.05, 0.1) is 19.4 Å². The van der Waals surface area contributed by atoms with Crippen LogP contribution >= 0.6 is 0 Å². The molecule has 1 aliphatic carbocycles. The quantitative estimate of drug-likeness (QED) is 0.0425. The Morgan fingerprint density at radius 3 is 1.51 bits per heavy atom. The van der Waals surface area contributed by atoms with E-state index in [2.05, 4.69) is 13.8 Å². The van der Waals surface area contributed by atoms with Gasteiger partial charge in [0.2, 0.25) is 11.4 Å². The van der Waals surface area contributed by atoms with Crippen molar-refractivity contribution < 1.29 is 38.4 Å². The number of epoxide rings is 1. The van der Waals surface area contributed by atoms with E-state index in [0.29, 0.717) is 25.7 Å². The molecule has 8 nitrogen and oxygen atoms in total. The second-order valence-electron chi connectivity index (χ2n) is 17.8. The van der Waals surface area contributed by atoms with Crippen LogP contribution in [0.5, 0.6) is 0 Å². The highest BCUT2D eigenvalue weighted by Crippen LogP contribution is 2.76. The molecule has 1 saturated carbocycles. The molecule has 4 aliphatic heterocycles. The molecule has 0 amide bonds. The molecule has 0 aromatic rings. The number of hydrogen-bond donors (Lipinski definition) is 1. The Kier molecular flexibility index (Phi) is 16.4. The third-order valence-electron chi connectivity index (χ3n) is 13.8. The smallest absolute Gasteiger partial charge is 0.347 e. The highest BCUT2D eigenvalue weighted by molar-refractivity contribution is 5.88. The number of aliphatic hydroxyl groups is 1. The van der Waals surface area contributed by atoms with Crippen molar-refractivity contribution in [1.82, 2.24) is 0 Å². The number of carbonyl (C=O) groups excluding carboxylic acids is 2. The Bertz CT molecular complexity index is 1130. The number of esters is 2. The van der Waals surface area contributed by atoms with E-state index in [-0.39, 0.29) is 12.4 Å². The van der Waals surface area contributed by atoms with Crippen molar-refractivity contribution >= 4 is 11.9 Å². The predicted octanol–water partition coefficient (Wildman–Crippen LogP) is 11.3. The summed E-state index contributed by atoms with van der Waals surface area (Å²) in [6, 6.07) is 0. The maximum absolute atomic E-state index is 13.7. The van der Waals surface area contributed by atoms with Crippen LogP contribution in [0, 0.1) is 5.92 Å². The minimum Gasteiger partial charge on any atom is -0.467 e. The van der Waals surface area contributed by atoms with Gasteiger partial charge < -0.3 is 28.8 Å². The van der Waals surface area contributed by atoms with Gasteiger partial charge in [-0.2, -0.15) is 0 Å². The highest BCUT2D eigenvalue weighted by Gasteiger charge is 2.96.